The molecular weight excluding hydrogens is 214 g/mol. The smallest absolute Gasteiger partial charge is 0.330 e. The van der Waals surface area contributed by atoms with Gasteiger partial charge in [-0.1, -0.05) is 30.8 Å². The van der Waals surface area contributed by atoms with Crippen molar-refractivity contribution in [1.82, 2.24) is 0 Å². The summed E-state index contributed by atoms with van der Waals surface area (Å²) in [4.78, 5) is 10.9. The van der Waals surface area contributed by atoms with Crippen LogP contribution in [0.2, 0.25) is 0 Å². The van der Waals surface area contributed by atoms with Gasteiger partial charge >= 0.3 is 5.97 Å². The van der Waals surface area contributed by atoms with E-state index >= 15 is 0 Å². The summed E-state index contributed by atoms with van der Waals surface area (Å²) in [5, 5.41) is 0. The first-order chi connectivity index (χ1) is 7.90. The zero-order chi connectivity index (χ0) is 12.9. The molecule has 0 amide bonds. The van der Waals surface area contributed by atoms with E-state index in [4.69, 9.17) is 4.74 Å². The van der Waals surface area contributed by atoms with Gasteiger partial charge in [0, 0.05) is 11.6 Å². The maximum atomic E-state index is 10.9. The second-order valence-corrected chi connectivity index (χ2v) is 5.08. The van der Waals surface area contributed by atoms with Crippen LogP contribution in [0.15, 0.2) is 36.9 Å². The maximum absolute atomic E-state index is 10.9. The van der Waals surface area contributed by atoms with Crippen LogP contribution in [0.5, 0.6) is 0 Å². The van der Waals surface area contributed by atoms with Crippen LogP contribution < -0.4 is 0 Å². The molecule has 0 fully saturated rings. The minimum absolute atomic E-state index is 0.301. The van der Waals surface area contributed by atoms with Crippen molar-refractivity contribution >= 4 is 5.97 Å². The molecule has 0 bridgehead atoms. The van der Waals surface area contributed by atoms with E-state index < -0.39 is 0 Å². The first-order valence-electron chi connectivity index (χ1n) is 5.58. The van der Waals surface area contributed by atoms with Gasteiger partial charge in [-0.05, 0) is 5.56 Å². The molecule has 92 valence electrons. The van der Waals surface area contributed by atoms with Crippen LogP contribution in [0, 0.1) is 0 Å². The second kappa shape index (κ2) is 5.64. The zero-order valence-corrected chi connectivity index (χ0v) is 10.8. The molecule has 1 rings (SSSR count). The number of hydrogen-bond donors (Lipinski definition) is 0. The zero-order valence-electron chi connectivity index (χ0n) is 10.8. The molecule has 0 aromatic heterocycles. The Balaban J connectivity index is 2.56. The lowest BCUT2D eigenvalue weighted by molar-refractivity contribution is -0.884. The van der Waals surface area contributed by atoms with Crippen molar-refractivity contribution in [2.24, 2.45) is 0 Å². The lowest BCUT2D eigenvalue weighted by Crippen LogP contribution is -2.33. The maximum Gasteiger partial charge on any atom is 0.330 e. The van der Waals surface area contributed by atoms with Gasteiger partial charge < -0.3 is 9.22 Å². The van der Waals surface area contributed by atoms with Crippen molar-refractivity contribution in [2.75, 3.05) is 21.1 Å². The van der Waals surface area contributed by atoms with Crippen molar-refractivity contribution < 1.29 is 14.0 Å². The third kappa shape index (κ3) is 5.31. The molecule has 0 saturated heterocycles. The van der Waals surface area contributed by atoms with Crippen LogP contribution in [-0.4, -0.2) is 31.6 Å². The molecule has 17 heavy (non-hydrogen) atoms. The predicted molar refractivity (Wildman–Crippen MR) is 68.2 cm³/mol. The quantitative estimate of drug-likeness (QED) is 0.443. The van der Waals surface area contributed by atoms with Crippen LogP contribution in [0.3, 0.4) is 0 Å². The van der Waals surface area contributed by atoms with Gasteiger partial charge in [-0.15, -0.1) is 0 Å². The fourth-order valence-corrected chi connectivity index (χ4v) is 1.50. The second-order valence-electron chi connectivity index (χ2n) is 5.08. The molecule has 1 aromatic carbocycles. The third-order valence-corrected chi connectivity index (χ3v) is 2.23. The molecule has 0 unspecified atom stereocenters. The fraction of sp³-hybridized carbons (Fsp3) is 0.357. The van der Waals surface area contributed by atoms with Crippen molar-refractivity contribution in [2.45, 2.75) is 13.2 Å². The van der Waals surface area contributed by atoms with Gasteiger partial charge in [0.15, 0.2) is 0 Å². The standard InChI is InChI=1S/C14H20NO2/c1-5-14(16)17-11-13-8-6-12(7-9-13)10-15(2,3)4/h5-9H,1,10-11H2,2-4H3/q+1. The number of carbonyl (C=O) groups is 1. The van der Waals surface area contributed by atoms with Crippen molar-refractivity contribution in [3.8, 4) is 0 Å². The third-order valence-electron chi connectivity index (χ3n) is 2.23. The summed E-state index contributed by atoms with van der Waals surface area (Å²) in [6, 6.07) is 8.11. The molecule has 0 atom stereocenters. The first kappa shape index (κ1) is 13.5. The van der Waals surface area contributed by atoms with Crippen LogP contribution in [0.4, 0.5) is 0 Å². The summed E-state index contributed by atoms with van der Waals surface area (Å²) in [5.74, 6) is -0.388. The Labute approximate surface area is 103 Å². The highest BCUT2D eigenvalue weighted by molar-refractivity contribution is 5.81. The molecule has 0 N–H and O–H groups in total. The number of esters is 1. The van der Waals surface area contributed by atoms with E-state index in [0.29, 0.717) is 6.61 Å². The van der Waals surface area contributed by atoms with Gasteiger partial charge in [-0.25, -0.2) is 4.79 Å². The van der Waals surface area contributed by atoms with Gasteiger partial charge in [0.05, 0.1) is 21.1 Å². The Morgan fingerprint density at radius 1 is 1.24 bits per heavy atom. The highest BCUT2D eigenvalue weighted by atomic mass is 16.5. The Kier molecular flexibility index (Phi) is 4.46. The number of nitrogens with zero attached hydrogens (tertiary/aromatic N) is 1. The summed E-state index contributed by atoms with van der Waals surface area (Å²) in [7, 11) is 6.46. The molecule has 0 radical (unpaired) electrons. The van der Waals surface area contributed by atoms with E-state index in [-0.39, 0.29) is 5.97 Å². The van der Waals surface area contributed by atoms with Crippen LogP contribution >= 0.6 is 0 Å². The molecule has 3 heteroatoms. The van der Waals surface area contributed by atoms with Crippen LogP contribution in [0.25, 0.3) is 0 Å². The Morgan fingerprint density at radius 3 is 2.24 bits per heavy atom. The highest BCUT2D eigenvalue weighted by Crippen LogP contribution is 2.10. The summed E-state index contributed by atoms with van der Waals surface area (Å²) >= 11 is 0. The summed E-state index contributed by atoms with van der Waals surface area (Å²) in [6.45, 7) is 4.63. The van der Waals surface area contributed by atoms with Crippen LogP contribution in [0.1, 0.15) is 11.1 Å². The molecular formula is C14H20NO2+. The van der Waals surface area contributed by atoms with Crippen LogP contribution in [-0.2, 0) is 22.7 Å². The van der Waals surface area contributed by atoms with E-state index in [1.54, 1.807) is 0 Å². The molecule has 0 heterocycles. The Morgan fingerprint density at radius 2 is 1.76 bits per heavy atom. The average molecular weight is 234 g/mol. The first-order valence-corrected chi connectivity index (χ1v) is 5.58. The monoisotopic (exact) mass is 234 g/mol. The minimum Gasteiger partial charge on any atom is -0.458 e. The SMILES string of the molecule is C=CC(=O)OCc1ccc(C[N+](C)(C)C)cc1. The Hall–Kier alpha value is -1.61. The molecule has 1 aromatic rings. The Bertz CT molecular complexity index is 388. The molecule has 0 saturated carbocycles. The van der Waals surface area contributed by atoms with Gasteiger partial charge in [0.2, 0.25) is 0 Å². The molecule has 0 spiro atoms. The summed E-state index contributed by atoms with van der Waals surface area (Å²) < 4.78 is 5.85. The van der Waals surface area contributed by atoms with E-state index in [9.17, 15) is 4.79 Å². The number of carbonyl (C=O) groups excluding carboxylic acids is 1. The number of hydrogen-bond acceptors (Lipinski definition) is 2. The average Bonchev–Trinajstić information content (AvgIpc) is 2.25. The number of benzene rings is 1. The van der Waals surface area contributed by atoms with E-state index in [1.165, 1.54) is 11.6 Å². The van der Waals surface area contributed by atoms with E-state index in [2.05, 4.69) is 39.9 Å². The minimum atomic E-state index is -0.388. The van der Waals surface area contributed by atoms with E-state index in [0.717, 1.165) is 16.6 Å². The lowest BCUT2D eigenvalue weighted by Gasteiger charge is -2.23. The normalized spacial score (nSPS) is 11.0. The van der Waals surface area contributed by atoms with Crippen molar-refractivity contribution in [3.63, 3.8) is 0 Å². The van der Waals surface area contributed by atoms with Gasteiger partial charge in [-0.3, -0.25) is 0 Å². The number of ether oxygens (including phenoxy) is 1. The largest absolute Gasteiger partial charge is 0.458 e. The predicted octanol–water partition coefficient (Wildman–Crippen LogP) is 2.12. The van der Waals surface area contributed by atoms with Gasteiger partial charge in [-0.2, -0.15) is 0 Å². The number of rotatable bonds is 5. The lowest BCUT2D eigenvalue weighted by atomic mass is 10.1. The van der Waals surface area contributed by atoms with Crippen molar-refractivity contribution in [1.29, 1.82) is 0 Å². The molecule has 0 aliphatic heterocycles. The summed E-state index contributed by atoms with van der Waals surface area (Å²) in [5.41, 5.74) is 2.27. The highest BCUT2D eigenvalue weighted by Gasteiger charge is 2.08. The van der Waals surface area contributed by atoms with E-state index in [1.807, 2.05) is 12.1 Å². The fourth-order valence-electron chi connectivity index (χ4n) is 1.50. The molecule has 0 aliphatic rings. The number of quaternary nitrogens is 1. The molecule has 3 nitrogen and oxygen atoms in total. The molecule has 0 aliphatic carbocycles. The summed E-state index contributed by atoms with van der Waals surface area (Å²) in [6.07, 6.45) is 1.17. The van der Waals surface area contributed by atoms with Crippen molar-refractivity contribution in [3.05, 3.63) is 48.0 Å². The topological polar surface area (TPSA) is 26.3 Å². The van der Waals surface area contributed by atoms with Gasteiger partial charge in [0.25, 0.3) is 0 Å². The van der Waals surface area contributed by atoms with Gasteiger partial charge in [0.1, 0.15) is 13.2 Å².